The Morgan fingerprint density at radius 1 is 1.24 bits per heavy atom. The predicted molar refractivity (Wildman–Crippen MR) is 107 cm³/mol. The Morgan fingerprint density at radius 2 is 1.97 bits per heavy atom. The van der Waals surface area contributed by atoms with Crippen molar-refractivity contribution in [2.24, 2.45) is 11.8 Å². The number of carbonyl (C=O) groups excluding carboxylic acids is 4. The van der Waals surface area contributed by atoms with Gasteiger partial charge in [-0.2, -0.15) is 0 Å². The first-order valence-corrected chi connectivity index (χ1v) is 10.2. The van der Waals surface area contributed by atoms with Crippen molar-refractivity contribution in [2.45, 2.75) is 19.8 Å². The molecule has 1 saturated carbocycles. The van der Waals surface area contributed by atoms with Crippen molar-refractivity contribution in [3.8, 4) is 0 Å². The third-order valence-corrected chi connectivity index (χ3v) is 5.73. The van der Waals surface area contributed by atoms with Gasteiger partial charge in [0.2, 0.25) is 11.8 Å². The second kappa shape index (κ2) is 9.21. The fraction of sp³-hybridized carbons (Fsp3) is 0.400. The van der Waals surface area contributed by atoms with Crippen LogP contribution in [0.5, 0.6) is 0 Å². The van der Waals surface area contributed by atoms with Gasteiger partial charge in [-0.3, -0.25) is 24.1 Å². The van der Waals surface area contributed by atoms with Crippen LogP contribution in [0.4, 0.5) is 9.18 Å². The van der Waals surface area contributed by atoms with Gasteiger partial charge in [-0.25, -0.2) is 4.39 Å². The van der Waals surface area contributed by atoms with Gasteiger partial charge in [-0.15, -0.1) is 0 Å². The van der Waals surface area contributed by atoms with Crippen molar-refractivity contribution < 1.29 is 23.6 Å². The van der Waals surface area contributed by atoms with E-state index in [1.54, 1.807) is 12.1 Å². The molecule has 0 bridgehead atoms. The zero-order valence-electron chi connectivity index (χ0n) is 15.9. The molecule has 1 aromatic carbocycles. The number of rotatable bonds is 8. The van der Waals surface area contributed by atoms with Crippen molar-refractivity contribution in [1.82, 2.24) is 15.5 Å². The number of benzene rings is 1. The first-order chi connectivity index (χ1) is 13.9. The molecule has 9 heteroatoms. The van der Waals surface area contributed by atoms with E-state index in [4.69, 9.17) is 0 Å². The Morgan fingerprint density at radius 3 is 2.66 bits per heavy atom. The first-order valence-electron chi connectivity index (χ1n) is 9.41. The van der Waals surface area contributed by atoms with E-state index in [9.17, 15) is 23.6 Å². The molecule has 29 heavy (non-hydrogen) atoms. The molecular weight excluding hydrogens is 397 g/mol. The Kier molecular flexibility index (Phi) is 6.68. The van der Waals surface area contributed by atoms with Gasteiger partial charge in [0.15, 0.2) is 0 Å². The van der Waals surface area contributed by atoms with Crippen LogP contribution in [0, 0.1) is 17.7 Å². The molecule has 154 valence electrons. The number of hydrogen-bond acceptors (Lipinski definition) is 5. The molecule has 0 radical (unpaired) electrons. The topological polar surface area (TPSA) is 95.6 Å². The van der Waals surface area contributed by atoms with Crippen molar-refractivity contribution in [3.63, 3.8) is 0 Å². The minimum Gasteiger partial charge on any atom is -0.355 e. The minimum atomic E-state index is -0.511. The average molecular weight is 419 g/mol. The van der Waals surface area contributed by atoms with Crippen LogP contribution < -0.4 is 10.6 Å². The lowest BCUT2D eigenvalue weighted by Crippen LogP contribution is -2.38. The number of nitrogens with one attached hydrogen (secondary N) is 2. The number of imide groups is 1. The van der Waals surface area contributed by atoms with E-state index in [1.165, 1.54) is 18.2 Å². The summed E-state index contributed by atoms with van der Waals surface area (Å²) in [6.07, 6.45) is 2.37. The van der Waals surface area contributed by atoms with Gasteiger partial charge in [0.25, 0.3) is 11.1 Å². The fourth-order valence-corrected chi connectivity index (χ4v) is 3.80. The van der Waals surface area contributed by atoms with Crippen LogP contribution in [0.1, 0.15) is 25.3 Å². The summed E-state index contributed by atoms with van der Waals surface area (Å²) in [5.41, 5.74) is 0.231. The lowest BCUT2D eigenvalue weighted by molar-refractivity contribution is -0.125. The third kappa shape index (κ3) is 5.44. The van der Waals surface area contributed by atoms with E-state index >= 15 is 0 Å². The van der Waals surface area contributed by atoms with Crippen LogP contribution in [-0.2, 0) is 14.4 Å². The molecule has 3 rings (SSSR count). The van der Waals surface area contributed by atoms with Gasteiger partial charge in [0, 0.05) is 37.5 Å². The zero-order chi connectivity index (χ0) is 21.0. The molecule has 1 aliphatic heterocycles. The highest BCUT2D eigenvalue weighted by Gasteiger charge is 2.38. The quantitative estimate of drug-likeness (QED) is 0.630. The van der Waals surface area contributed by atoms with Gasteiger partial charge in [-0.1, -0.05) is 25.1 Å². The molecule has 2 N–H and O–H groups in total. The average Bonchev–Trinajstić information content (AvgIpc) is 3.36. The van der Waals surface area contributed by atoms with Gasteiger partial charge >= 0.3 is 0 Å². The summed E-state index contributed by atoms with van der Waals surface area (Å²) >= 11 is 0.742. The Hall–Kier alpha value is -2.68. The summed E-state index contributed by atoms with van der Waals surface area (Å²) in [5, 5.41) is 4.89. The molecular formula is C20H22FN3O4S. The van der Waals surface area contributed by atoms with Crippen LogP contribution in [0.2, 0.25) is 0 Å². The molecule has 2 atom stereocenters. The van der Waals surface area contributed by atoms with Crippen LogP contribution in [-0.4, -0.2) is 47.5 Å². The summed E-state index contributed by atoms with van der Waals surface area (Å²) in [4.78, 5) is 49.1. The highest BCUT2D eigenvalue weighted by Crippen LogP contribution is 2.37. The van der Waals surface area contributed by atoms with Crippen LogP contribution in [0.25, 0.3) is 6.08 Å². The SMILES string of the molecule is CC1CC1C(=O)NCCC(=O)NCCN1C(=O)S/C(=C\c2ccccc2F)C1=O. The molecule has 1 saturated heterocycles. The number of halogens is 1. The monoisotopic (exact) mass is 419 g/mol. The summed E-state index contributed by atoms with van der Waals surface area (Å²) in [6.45, 7) is 2.39. The van der Waals surface area contributed by atoms with Crippen LogP contribution in [0.3, 0.4) is 0 Å². The standard InChI is InChI=1S/C20H22FN3O4S/c1-12-10-14(12)18(26)23-7-6-17(25)22-8-9-24-19(27)16(29-20(24)28)11-13-4-2-3-5-15(13)21/h2-5,11-12,14H,6-10H2,1H3,(H,22,25)(H,23,26)/b16-11-. The van der Waals surface area contributed by atoms with Gasteiger partial charge in [0.1, 0.15) is 5.82 Å². The van der Waals surface area contributed by atoms with Crippen molar-refractivity contribution in [1.29, 1.82) is 0 Å². The van der Waals surface area contributed by atoms with E-state index < -0.39 is 17.0 Å². The Balaban J connectivity index is 1.41. The molecule has 2 unspecified atom stereocenters. The number of carbonyl (C=O) groups is 4. The number of thioether (sulfide) groups is 1. The van der Waals surface area contributed by atoms with E-state index in [2.05, 4.69) is 10.6 Å². The first kappa shape index (κ1) is 21.0. The molecule has 1 aromatic rings. The molecule has 2 fully saturated rings. The maximum atomic E-state index is 13.7. The molecule has 2 aliphatic rings. The van der Waals surface area contributed by atoms with Crippen molar-refractivity contribution in [2.75, 3.05) is 19.6 Å². The summed E-state index contributed by atoms with van der Waals surface area (Å²) in [5.74, 6) is -0.810. The lowest BCUT2D eigenvalue weighted by atomic mass is 10.2. The van der Waals surface area contributed by atoms with E-state index in [-0.39, 0.29) is 54.3 Å². The Bertz CT molecular complexity index is 873. The second-order valence-electron chi connectivity index (χ2n) is 7.07. The zero-order valence-corrected chi connectivity index (χ0v) is 16.8. The van der Waals surface area contributed by atoms with Gasteiger partial charge in [0.05, 0.1) is 4.91 Å². The summed E-state index contributed by atoms with van der Waals surface area (Å²) < 4.78 is 13.7. The number of hydrogen-bond donors (Lipinski definition) is 2. The van der Waals surface area contributed by atoms with E-state index in [0.29, 0.717) is 5.92 Å². The van der Waals surface area contributed by atoms with E-state index in [1.807, 2.05) is 6.92 Å². The molecule has 0 aromatic heterocycles. The van der Waals surface area contributed by atoms with E-state index in [0.717, 1.165) is 23.1 Å². The maximum absolute atomic E-state index is 13.7. The highest BCUT2D eigenvalue weighted by molar-refractivity contribution is 8.18. The van der Waals surface area contributed by atoms with Crippen molar-refractivity contribution in [3.05, 3.63) is 40.6 Å². The van der Waals surface area contributed by atoms with Gasteiger partial charge in [-0.05, 0) is 36.2 Å². The minimum absolute atomic E-state index is 0.0234. The van der Waals surface area contributed by atoms with Crippen LogP contribution in [0.15, 0.2) is 29.2 Å². The summed E-state index contributed by atoms with van der Waals surface area (Å²) in [6, 6.07) is 5.98. The normalized spacial score (nSPS) is 22.1. The highest BCUT2D eigenvalue weighted by atomic mass is 32.2. The summed E-state index contributed by atoms with van der Waals surface area (Å²) in [7, 11) is 0. The molecule has 1 aliphatic carbocycles. The molecule has 7 nitrogen and oxygen atoms in total. The number of amides is 4. The molecule has 0 spiro atoms. The second-order valence-corrected chi connectivity index (χ2v) is 8.06. The fourth-order valence-electron chi connectivity index (χ4n) is 2.94. The Labute approximate surface area is 172 Å². The van der Waals surface area contributed by atoms with Crippen LogP contribution >= 0.6 is 11.8 Å². The van der Waals surface area contributed by atoms with Crippen molar-refractivity contribution >= 4 is 40.8 Å². The largest absolute Gasteiger partial charge is 0.355 e. The maximum Gasteiger partial charge on any atom is 0.293 e. The lowest BCUT2D eigenvalue weighted by Gasteiger charge is -2.13. The molecule has 4 amide bonds. The predicted octanol–water partition coefficient (Wildman–Crippen LogP) is 2.14. The third-order valence-electron chi connectivity index (χ3n) is 4.82. The van der Waals surface area contributed by atoms with Gasteiger partial charge < -0.3 is 10.6 Å². The number of nitrogens with zero attached hydrogens (tertiary/aromatic N) is 1. The molecule has 1 heterocycles. The smallest absolute Gasteiger partial charge is 0.293 e.